The summed E-state index contributed by atoms with van der Waals surface area (Å²) < 4.78 is 25.3. The fourth-order valence-corrected chi connectivity index (χ4v) is 2.62. The quantitative estimate of drug-likeness (QED) is 0.841. The van der Waals surface area contributed by atoms with E-state index < -0.39 is 21.5 Å². The Hall–Kier alpha value is -1.37. The first-order valence-corrected chi connectivity index (χ1v) is 8.36. The van der Waals surface area contributed by atoms with Crippen LogP contribution in [0.15, 0.2) is 12.4 Å². The van der Waals surface area contributed by atoms with E-state index in [1.165, 1.54) is 0 Å². The van der Waals surface area contributed by atoms with Gasteiger partial charge in [0.15, 0.2) is 9.84 Å². The third-order valence-corrected chi connectivity index (χ3v) is 4.07. The Labute approximate surface area is 120 Å². The maximum Gasteiger partial charge on any atom is 0.235 e. The molecule has 1 amide bonds. The number of nitrogens with one attached hydrogen (secondary N) is 1. The number of hydrogen-bond donors (Lipinski definition) is 1. The molecule has 0 aliphatic carbocycles. The van der Waals surface area contributed by atoms with Crippen molar-refractivity contribution in [1.82, 2.24) is 15.1 Å². The third kappa shape index (κ3) is 6.70. The van der Waals surface area contributed by atoms with Crippen LogP contribution in [0.5, 0.6) is 0 Å². The number of amides is 1. The zero-order chi connectivity index (χ0) is 15.4. The number of sulfone groups is 1. The Kier molecular flexibility index (Phi) is 5.33. The summed E-state index contributed by atoms with van der Waals surface area (Å²) in [6, 6.07) is 0. The van der Waals surface area contributed by atoms with Crippen LogP contribution in [0.2, 0.25) is 0 Å². The molecule has 114 valence electrons. The number of hydrogen-bond acceptors (Lipinski definition) is 4. The van der Waals surface area contributed by atoms with E-state index in [9.17, 15) is 13.2 Å². The Bertz CT molecular complexity index is 556. The molecule has 0 aromatic carbocycles. The van der Waals surface area contributed by atoms with E-state index in [-0.39, 0.29) is 17.7 Å². The Balaban J connectivity index is 2.43. The number of aromatic nitrogens is 2. The molecule has 0 spiro atoms. The van der Waals surface area contributed by atoms with Crippen molar-refractivity contribution in [2.45, 2.75) is 34.2 Å². The number of carbonyl (C=O) groups excluding carboxylic acids is 1. The second-order valence-electron chi connectivity index (χ2n) is 6.21. The van der Waals surface area contributed by atoms with E-state index in [4.69, 9.17) is 0 Å². The van der Waals surface area contributed by atoms with Crippen molar-refractivity contribution in [2.75, 3.05) is 18.1 Å². The van der Waals surface area contributed by atoms with Gasteiger partial charge in [0.25, 0.3) is 0 Å². The first-order valence-electron chi connectivity index (χ1n) is 6.54. The molecular formula is C13H23N3O3S. The SMILES string of the molecule is Cc1cnn(CCS(=O)(=O)CC(=O)NCC(C)(C)C)c1. The summed E-state index contributed by atoms with van der Waals surface area (Å²) in [5, 5.41) is 6.66. The summed E-state index contributed by atoms with van der Waals surface area (Å²) in [6.07, 6.45) is 3.44. The van der Waals surface area contributed by atoms with E-state index >= 15 is 0 Å². The van der Waals surface area contributed by atoms with Gasteiger partial charge in [-0.15, -0.1) is 0 Å². The van der Waals surface area contributed by atoms with Crippen LogP contribution in [0.4, 0.5) is 0 Å². The highest BCUT2D eigenvalue weighted by Gasteiger charge is 2.18. The smallest absolute Gasteiger partial charge is 0.235 e. The van der Waals surface area contributed by atoms with Gasteiger partial charge in [-0.2, -0.15) is 5.10 Å². The molecule has 0 saturated carbocycles. The van der Waals surface area contributed by atoms with Crippen LogP contribution in [0.25, 0.3) is 0 Å². The van der Waals surface area contributed by atoms with Crippen LogP contribution >= 0.6 is 0 Å². The minimum atomic E-state index is -3.41. The van der Waals surface area contributed by atoms with E-state index in [0.717, 1.165) is 5.56 Å². The van der Waals surface area contributed by atoms with E-state index in [1.807, 2.05) is 27.7 Å². The van der Waals surface area contributed by atoms with Gasteiger partial charge in [0, 0.05) is 12.7 Å². The predicted molar refractivity (Wildman–Crippen MR) is 78.1 cm³/mol. The molecule has 1 N–H and O–H groups in total. The lowest BCUT2D eigenvalue weighted by Crippen LogP contribution is -2.37. The predicted octanol–water partition coefficient (Wildman–Crippen LogP) is 0.769. The topological polar surface area (TPSA) is 81.1 Å². The highest BCUT2D eigenvalue weighted by molar-refractivity contribution is 7.92. The van der Waals surface area contributed by atoms with Crippen molar-refractivity contribution in [3.63, 3.8) is 0 Å². The van der Waals surface area contributed by atoms with Crippen molar-refractivity contribution < 1.29 is 13.2 Å². The Morgan fingerprint density at radius 1 is 1.40 bits per heavy atom. The molecule has 0 atom stereocenters. The van der Waals surface area contributed by atoms with Gasteiger partial charge in [0.2, 0.25) is 5.91 Å². The zero-order valence-corrected chi connectivity index (χ0v) is 13.3. The highest BCUT2D eigenvalue weighted by Crippen LogP contribution is 2.10. The molecule has 0 bridgehead atoms. The molecular weight excluding hydrogens is 278 g/mol. The van der Waals surface area contributed by atoms with Gasteiger partial charge in [-0.05, 0) is 17.9 Å². The maximum atomic E-state index is 11.8. The van der Waals surface area contributed by atoms with Crippen LogP contribution in [0.3, 0.4) is 0 Å². The first-order chi connectivity index (χ1) is 9.07. The summed E-state index contributed by atoms with van der Waals surface area (Å²) in [6.45, 7) is 8.53. The summed E-state index contributed by atoms with van der Waals surface area (Å²) in [4.78, 5) is 11.6. The molecule has 1 aromatic rings. The normalized spacial score (nSPS) is 12.4. The van der Waals surface area contributed by atoms with Gasteiger partial charge in [0.1, 0.15) is 5.75 Å². The van der Waals surface area contributed by atoms with Gasteiger partial charge < -0.3 is 5.32 Å². The molecule has 0 fully saturated rings. The number of nitrogens with zero attached hydrogens (tertiary/aromatic N) is 2. The summed E-state index contributed by atoms with van der Waals surface area (Å²) in [7, 11) is -3.41. The van der Waals surface area contributed by atoms with Crippen LogP contribution in [-0.2, 0) is 21.2 Å². The Morgan fingerprint density at radius 3 is 2.55 bits per heavy atom. The van der Waals surface area contributed by atoms with Crippen molar-refractivity contribution >= 4 is 15.7 Å². The van der Waals surface area contributed by atoms with Gasteiger partial charge in [-0.25, -0.2) is 8.42 Å². The zero-order valence-electron chi connectivity index (χ0n) is 12.5. The lowest BCUT2D eigenvalue weighted by molar-refractivity contribution is -0.119. The van der Waals surface area contributed by atoms with Crippen molar-refractivity contribution in [2.24, 2.45) is 5.41 Å². The van der Waals surface area contributed by atoms with Gasteiger partial charge in [0.05, 0.1) is 18.5 Å². The molecule has 6 nitrogen and oxygen atoms in total. The molecule has 1 aromatic heterocycles. The highest BCUT2D eigenvalue weighted by atomic mass is 32.2. The summed E-state index contributed by atoms with van der Waals surface area (Å²) >= 11 is 0. The fraction of sp³-hybridized carbons (Fsp3) is 0.692. The van der Waals surface area contributed by atoms with Crippen molar-refractivity contribution in [1.29, 1.82) is 0 Å². The van der Waals surface area contributed by atoms with E-state index in [1.54, 1.807) is 17.1 Å². The average molecular weight is 301 g/mol. The van der Waals surface area contributed by atoms with Gasteiger partial charge in [-0.3, -0.25) is 9.48 Å². The number of carbonyl (C=O) groups is 1. The monoisotopic (exact) mass is 301 g/mol. The molecule has 0 aliphatic heterocycles. The standard InChI is InChI=1S/C13H23N3O3S/c1-11-7-15-16(8-11)5-6-20(18,19)9-12(17)14-10-13(2,3)4/h7-8H,5-6,9-10H2,1-4H3,(H,14,17). The fourth-order valence-electron chi connectivity index (χ4n) is 1.51. The molecule has 1 rings (SSSR count). The van der Waals surface area contributed by atoms with Crippen LogP contribution < -0.4 is 5.32 Å². The number of rotatable bonds is 6. The van der Waals surface area contributed by atoms with Crippen LogP contribution in [0.1, 0.15) is 26.3 Å². The van der Waals surface area contributed by atoms with E-state index in [0.29, 0.717) is 6.54 Å². The van der Waals surface area contributed by atoms with E-state index in [2.05, 4.69) is 10.4 Å². The second-order valence-corrected chi connectivity index (χ2v) is 8.39. The van der Waals surface area contributed by atoms with Crippen LogP contribution in [-0.4, -0.2) is 42.2 Å². The minimum Gasteiger partial charge on any atom is -0.355 e. The number of aryl methyl sites for hydroxylation is 2. The van der Waals surface area contributed by atoms with Gasteiger partial charge in [-0.1, -0.05) is 20.8 Å². The molecule has 0 aliphatic rings. The third-order valence-electron chi connectivity index (χ3n) is 2.56. The first kappa shape index (κ1) is 16.7. The second kappa shape index (κ2) is 6.39. The van der Waals surface area contributed by atoms with Crippen LogP contribution in [0, 0.1) is 12.3 Å². The van der Waals surface area contributed by atoms with Crippen molar-refractivity contribution in [3.05, 3.63) is 18.0 Å². The minimum absolute atomic E-state index is 0.0635. The van der Waals surface area contributed by atoms with Crippen molar-refractivity contribution in [3.8, 4) is 0 Å². The summed E-state index contributed by atoms with van der Waals surface area (Å²) in [5.41, 5.74) is 0.914. The summed E-state index contributed by atoms with van der Waals surface area (Å²) in [5.74, 6) is -1.00. The lowest BCUT2D eigenvalue weighted by Gasteiger charge is -2.18. The molecule has 0 saturated heterocycles. The molecule has 20 heavy (non-hydrogen) atoms. The van der Waals surface area contributed by atoms with Gasteiger partial charge >= 0.3 is 0 Å². The molecule has 7 heteroatoms. The molecule has 0 unspecified atom stereocenters. The molecule has 1 heterocycles. The maximum absolute atomic E-state index is 11.8. The Morgan fingerprint density at radius 2 is 2.05 bits per heavy atom. The molecule has 0 radical (unpaired) electrons. The average Bonchev–Trinajstić information content (AvgIpc) is 2.69. The lowest BCUT2D eigenvalue weighted by atomic mass is 9.97. The largest absolute Gasteiger partial charge is 0.355 e.